The molecule has 0 saturated carbocycles. The molecule has 200 valence electrons. The maximum Gasteiger partial charge on any atom is 0.412 e. The van der Waals surface area contributed by atoms with Crippen LogP contribution in [0.4, 0.5) is 10.6 Å². The van der Waals surface area contributed by atoms with Crippen LogP contribution in [0.25, 0.3) is 0 Å². The standard InChI is InChI=1S/C25H43N3O7/c1-2-3-4-5-6-7-8-9-10-11-12-13-14-17-34-25(33)27-20-15-16-28(24(32)26-20)23-22(31)21(30)19(18-29)35-23/h15-16,19,21-23,29-31H,2-14,17-18H2,1H3,(H,26,27,32,33)/t19-,21-,22+,23-/m1/s1. The zero-order valence-electron chi connectivity index (χ0n) is 20.9. The summed E-state index contributed by atoms with van der Waals surface area (Å²) in [5.74, 6) is 0.00774. The van der Waals surface area contributed by atoms with Crippen LogP contribution < -0.4 is 11.0 Å². The van der Waals surface area contributed by atoms with Gasteiger partial charge in [-0.1, -0.05) is 84.0 Å². The van der Waals surface area contributed by atoms with E-state index < -0.39 is 42.9 Å². The Morgan fingerprint density at radius 3 is 2.09 bits per heavy atom. The number of carbonyl (C=O) groups excluding carboxylic acids is 1. The van der Waals surface area contributed by atoms with Gasteiger partial charge in [0, 0.05) is 6.20 Å². The predicted molar refractivity (Wildman–Crippen MR) is 132 cm³/mol. The smallest absolute Gasteiger partial charge is 0.412 e. The first-order valence-corrected chi connectivity index (χ1v) is 13.1. The molecule has 1 aromatic heterocycles. The summed E-state index contributed by atoms with van der Waals surface area (Å²) in [5, 5.41) is 31.5. The van der Waals surface area contributed by atoms with Crippen LogP contribution in [0.5, 0.6) is 0 Å². The lowest BCUT2D eigenvalue weighted by Crippen LogP contribution is -2.36. The summed E-state index contributed by atoms with van der Waals surface area (Å²) in [6, 6.07) is 1.36. The van der Waals surface area contributed by atoms with Gasteiger partial charge in [-0.2, -0.15) is 4.98 Å². The first-order chi connectivity index (χ1) is 17.0. The SMILES string of the molecule is CCCCCCCCCCCCCCCOC(=O)Nc1ccn([C@@H]2O[C@H](CO)[C@@H](O)[C@@H]2O)c(=O)n1. The van der Waals surface area contributed by atoms with Gasteiger partial charge >= 0.3 is 11.8 Å². The van der Waals surface area contributed by atoms with Crippen LogP contribution in [-0.2, 0) is 9.47 Å². The van der Waals surface area contributed by atoms with Crippen molar-refractivity contribution in [2.45, 2.75) is 115 Å². The van der Waals surface area contributed by atoms with E-state index in [9.17, 15) is 19.8 Å². The van der Waals surface area contributed by atoms with Gasteiger partial charge in [0.15, 0.2) is 6.23 Å². The van der Waals surface area contributed by atoms with Gasteiger partial charge in [-0.3, -0.25) is 9.88 Å². The Morgan fingerprint density at radius 1 is 1.00 bits per heavy atom. The Kier molecular flexibility index (Phi) is 13.9. The molecule has 1 aliphatic rings. The normalized spacial score (nSPS) is 21.8. The molecule has 2 rings (SSSR count). The first-order valence-electron chi connectivity index (χ1n) is 13.1. The lowest BCUT2D eigenvalue weighted by Gasteiger charge is -2.17. The van der Waals surface area contributed by atoms with Gasteiger partial charge in [0.25, 0.3) is 0 Å². The first kappa shape index (κ1) is 29.2. The van der Waals surface area contributed by atoms with E-state index in [2.05, 4.69) is 17.2 Å². The quantitative estimate of drug-likeness (QED) is 0.240. The number of nitrogens with one attached hydrogen (secondary N) is 1. The molecule has 1 saturated heterocycles. The van der Waals surface area contributed by atoms with E-state index in [4.69, 9.17) is 14.6 Å². The molecular formula is C25H43N3O7. The van der Waals surface area contributed by atoms with Crippen LogP contribution in [0, 0.1) is 0 Å². The van der Waals surface area contributed by atoms with Crippen molar-refractivity contribution in [2.75, 3.05) is 18.5 Å². The molecule has 0 bridgehead atoms. The summed E-state index contributed by atoms with van der Waals surface area (Å²) in [6.45, 7) is 2.04. The number of carbonyl (C=O) groups is 1. The third-order valence-electron chi connectivity index (χ3n) is 6.33. The minimum Gasteiger partial charge on any atom is -0.449 e. The van der Waals surface area contributed by atoms with Crippen LogP contribution >= 0.6 is 0 Å². The summed E-state index contributed by atoms with van der Waals surface area (Å²) in [5.41, 5.74) is -0.783. The maximum absolute atomic E-state index is 12.3. The summed E-state index contributed by atoms with van der Waals surface area (Å²) < 4.78 is 11.5. The van der Waals surface area contributed by atoms with Crippen molar-refractivity contribution < 1.29 is 29.6 Å². The van der Waals surface area contributed by atoms with Gasteiger partial charge in [0.1, 0.15) is 24.1 Å². The largest absolute Gasteiger partial charge is 0.449 e. The molecule has 10 nitrogen and oxygen atoms in total. The second kappa shape index (κ2) is 16.6. The number of aromatic nitrogens is 2. The molecular weight excluding hydrogens is 454 g/mol. The number of hydrogen-bond donors (Lipinski definition) is 4. The summed E-state index contributed by atoms with van der Waals surface area (Å²) >= 11 is 0. The predicted octanol–water partition coefficient (Wildman–Crippen LogP) is 3.49. The molecule has 4 atom stereocenters. The highest BCUT2D eigenvalue weighted by molar-refractivity contribution is 5.83. The van der Waals surface area contributed by atoms with E-state index in [0.29, 0.717) is 6.61 Å². The fourth-order valence-electron chi connectivity index (χ4n) is 4.21. The Labute approximate surface area is 207 Å². The van der Waals surface area contributed by atoms with Crippen molar-refractivity contribution in [3.63, 3.8) is 0 Å². The fraction of sp³-hybridized carbons (Fsp3) is 0.800. The Balaban J connectivity index is 1.55. The van der Waals surface area contributed by atoms with Gasteiger partial charge in [-0.05, 0) is 12.5 Å². The van der Waals surface area contributed by atoms with Crippen LogP contribution in [0.1, 0.15) is 96.6 Å². The highest BCUT2D eigenvalue weighted by Gasteiger charge is 2.43. The molecule has 0 unspecified atom stereocenters. The zero-order chi connectivity index (χ0) is 25.5. The van der Waals surface area contributed by atoms with Gasteiger partial charge < -0.3 is 24.8 Å². The molecule has 1 fully saturated rings. The number of rotatable bonds is 17. The monoisotopic (exact) mass is 497 g/mol. The van der Waals surface area contributed by atoms with Gasteiger partial charge in [-0.25, -0.2) is 9.59 Å². The fourth-order valence-corrected chi connectivity index (χ4v) is 4.21. The van der Waals surface area contributed by atoms with Crippen LogP contribution in [-0.4, -0.2) is 62.5 Å². The van der Waals surface area contributed by atoms with Crippen molar-refractivity contribution >= 4 is 11.9 Å². The summed E-state index contributed by atoms with van der Waals surface area (Å²) in [7, 11) is 0. The van der Waals surface area contributed by atoms with Crippen molar-refractivity contribution in [2.24, 2.45) is 0 Å². The molecule has 0 radical (unpaired) electrons. The van der Waals surface area contributed by atoms with Crippen LogP contribution in [0.2, 0.25) is 0 Å². The van der Waals surface area contributed by atoms with Crippen molar-refractivity contribution in [3.8, 4) is 0 Å². The molecule has 1 aromatic rings. The van der Waals surface area contributed by atoms with Crippen LogP contribution in [0.3, 0.4) is 0 Å². The number of aliphatic hydroxyl groups is 3. The molecule has 1 amide bonds. The number of unbranched alkanes of at least 4 members (excludes halogenated alkanes) is 12. The third-order valence-corrected chi connectivity index (χ3v) is 6.33. The van der Waals surface area contributed by atoms with E-state index in [1.807, 2.05) is 0 Å². The van der Waals surface area contributed by atoms with Crippen molar-refractivity contribution in [1.29, 1.82) is 0 Å². The highest BCUT2D eigenvalue weighted by atomic mass is 16.6. The molecule has 0 aromatic carbocycles. The van der Waals surface area contributed by atoms with E-state index >= 15 is 0 Å². The van der Waals surface area contributed by atoms with Gasteiger partial charge in [0.05, 0.1) is 13.2 Å². The van der Waals surface area contributed by atoms with E-state index in [1.165, 1.54) is 76.5 Å². The van der Waals surface area contributed by atoms with Crippen molar-refractivity contribution in [1.82, 2.24) is 9.55 Å². The summed E-state index contributed by atoms with van der Waals surface area (Å²) in [4.78, 5) is 28.0. The molecule has 35 heavy (non-hydrogen) atoms. The second-order valence-electron chi connectivity index (χ2n) is 9.24. The maximum atomic E-state index is 12.3. The van der Waals surface area contributed by atoms with Gasteiger partial charge in [0.2, 0.25) is 0 Å². The molecule has 4 N–H and O–H groups in total. The minimum absolute atomic E-state index is 0.00774. The molecule has 1 aliphatic heterocycles. The number of amides is 1. The Morgan fingerprint density at radius 2 is 1.57 bits per heavy atom. The van der Waals surface area contributed by atoms with Gasteiger partial charge in [-0.15, -0.1) is 0 Å². The number of aliphatic hydroxyl groups excluding tert-OH is 3. The topological polar surface area (TPSA) is 143 Å². The van der Waals surface area contributed by atoms with Crippen molar-refractivity contribution in [3.05, 3.63) is 22.7 Å². The number of nitrogens with zero attached hydrogens (tertiary/aromatic N) is 2. The summed E-state index contributed by atoms with van der Waals surface area (Å²) in [6.07, 6.45) is 11.8. The lowest BCUT2D eigenvalue weighted by atomic mass is 10.0. The minimum atomic E-state index is -1.39. The van der Waals surface area contributed by atoms with Crippen LogP contribution in [0.15, 0.2) is 17.1 Å². The molecule has 10 heteroatoms. The highest BCUT2D eigenvalue weighted by Crippen LogP contribution is 2.28. The molecule has 0 aliphatic carbocycles. The Hall–Kier alpha value is -2.01. The Bertz CT molecular complexity index is 789. The number of anilines is 1. The second-order valence-corrected chi connectivity index (χ2v) is 9.24. The zero-order valence-corrected chi connectivity index (χ0v) is 20.9. The third kappa shape index (κ3) is 10.2. The number of hydrogen-bond acceptors (Lipinski definition) is 8. The van der Waals surface area contributed by atoms with E-state index in [1.54, 1.807) is 0 Å². The number of ether oxygens (including phenoxy) is 2. The molecule has 0 spiro atoms. The molecule has 2 heterocycles. The lowest BCUT2D eigenvalue weighted by molar-refractivity contribution is -0.0549. The average Bonchev–Trinajstić information content (AvgIpc) is 3.13. The van der Waals surface area contributed by atoms with E-state index in [-0.39, 0.29) is 5.82 Å². The van der Waals surface area contributed by atoms with E-state index in [0.717, 1.165) is 23.8 Å². The average molecular weight is 498 g/mol.